The molecule has 2 aliphatic heterocycles. The Morgan fingerprint density at radius 2 is 1.88 bits per heavy atom. The summed E-state index contributed by atoms with van der Waals surface area (Å²) >= 11 is 0. The molecule has 1 amide bonds. The molecule has 2 atom stereocenters. The van der Waals surface area contributed by atoms with Crippen molar-refractivity contribution < 1.29 is 27.4 Å². The molecular weight excluding hydrogens is 444 g/mol. The Bertz CT molecular complexity index is 1090. The van der Waals surface area contributed by atoms with Gasteiger partial charge in [0.2, 0.25) is 22.7 Å². The Kier molecular flexibility index (Phi) is 7.09. The van der Waals surface area contributed by atoms with Crippen LogP contribution >= 0.6 is 0 Å². The van der Waals surface area contributed by atoms with E-state index in [2.05, 4.69) is 5.32 Å². The zero-order valence-electron chi connectivity index (χ0n) is 19.0. The minimum atomic E-state index is -3.58. The van der Waals surface area contributed by atoms with Crippen molar-refractivity contribution in [3.05, 3.63) is 48.0 Å². The highest BCUT2D eigenvalue weighted by atomic mass is 32.2. The van der Waals surface area contributed by atoms with Gasteiger partial charge in [-0.25, -0.2) is 8.42 Å². The first-order valence-electron chi connectivity index (χ1n) is 11.2. The van der Waals surface area contributed by atoms with Crippen LogP contribution in [0.2, 0.25) is 0 Å². The number of amides is 1. The topological polar surface area (TPSA) is 94.2 Å². The average Bonchev–Trinajstić information content (AvgIpc) is 3.31. The van der Waals surface area contributed by atoms with Gasteiger partial charge in [-0.15, -0.1) is 0 Å². The minimum absolute atomic E-state index is 0.0254. The molecule has 178 valence electrons. The summed E-state index contributed by atoms with van der Waals surface area (Å²) in [6, 6.07) is 12.1. The molecule has 1 fully saturated rings. The first-order chi connectivity index (χ1) is 15.9. The number of piperidine rings is 1. The predicted octanol–water partition coefficient (Wildman–Crippen LogP) is 3.17. The van der Waals surface area contributed by atoms with E-state index in [1.54, 1.807) is 35.7 Å². The van der Waals surface area contributed by atoms with Gasteiger partial charge in [-0.3, -0.25) is 4.79 Å². The highest BCUT2D eigenvalue weighted by Gasteiger charge is 2.35. The predicted molar refractivity (Wildman–Crippen MR) is 123 cm³/mol. The van der Waals surface area contributed by atoms with Crippen LogP contribution in [0.3, 0.4) is 0 Å². The number of methoxy groups -OCH3 is 1. The van der Waals surface area contributed by atoms with Gasteiger partial charge >= 0.3 is 0 Å². The number of hydrogen-bond acceptors (Lipinski definition) is 6. The fourth-order valence-electron chi connectivity index (χ4n) is 4.46. The number of carbonyl (C=O) groups is 1. The van der Waals surface area contributed by atoms with Gasteiger partial charge in [-0.2, -0.15) is 4.31 Å². The van der Waals surface area contributed by atoms with Crippen molar-refractivity contribution in [1.82, 2.24) is 9.62 Å². The second-order valence-corrected chi connectivity index (χ2v) is 10.4. The Morgan fingerprint density at radius 1 is 1.12 bits per heavy atom. The SMILES string of the molecule is CC[C@@H]1CN(S(=O)(=O)c2ccc(OC)cc2)CC[C@H]1CC(=O)NCc1ccc2c(c1)OCO2. The molecular formula is C24H30N2O6S. The van der Waals surface area contributed by atoms with Crippen LogP contribution in [0.1, 0.15) is 31.7 Å². The summed E-state index contributed by atoms with van der Waals surface area (Å²) in [6.07, 6.45) is 1.86. The van der Waals surface area contributed by atoms with Gasteiger partial charge in [0.1, 0.15) is 5.75 Å². The smallest absolute Gasteiger partial charge is 0.243 e. The number of fused-ring (bicyclic) bond motifs is 1. The Morgan fingerprint density at radius 3 is 2.61 bits per heavy atom. The average molecular weight is 475 g/mol. The molecule has 0 bridgehead atoms. The normalized spacial score (nSPS) is 20.4. The lowest BCUT2D eigenvalue weighted by atomic mass is 9.82. The first-order valence-corrected chi connectivity index (χ1v) is 12.6. The van der Waals surface area contributed by atoms with Crippen LogP contribution in [0.5, 0.6) is 17.2 Å². The molecule has 2 aromatic carbocycles. The third kappa shape index (κ3) is 5.25. The summed E-state index contributed by atoms with van der Waals surface area (Å²) in [5.41, 5.74) is 0.944. The van der Waals surface area contributed by atoms with E-state index in [4.69, 9.17) is 14.2 Å². The van der Waals surface area contributed by atoms with Crippen LogP contribution < -0.4 is 19.5 Å². The van der Waals surface area contributed by atoms with E-state index in [-0.39, 0.29) is 29.4 Å². The van der Waals surface area contributed by atoms with Gasteiger partial charge in [0.15, 0.2) is 11.5 Å². The van der Waals surface area contributed by atoms with Crippen molar-refractivity contribution in [2.45, 2.75) is 37.6 Å². The van der Waals surface area contributed by atoms with Crippen LogP contribution in [0.15, 0.2) is 47.4 Å². The maximum Gasteiger partial charge on any atom is 0.243 e. The van der Waals surface area contributed by atoms with Crippen LogP contribution in [0.4, 0.5) is 0 Å². The van der Waals surface area contributed by atoms with E-state index in [0.717, 1.165) is 12.0 Å². The molecule has 2 aromatic rings. The van der Waals surface area contributed by atoms with E-state index >= 15 is 0 Å². The highest BCUT2D eigenvalue weighted by molar-refractivity contribution is 7.89. The molecule has 4 rings (SSSR count). The maximum atomic E-state index is 13.1. The Labute approximate surface area is 194 Å². The molecule has 9 heteroatoms. The molecule has 33 heavy (non-hydrogen) atoms. The highest BCUT2D eigenvalue weighted by Crippen LogP contribution is 2.33. The van der Waals surface area contributed by atoms with Crippen molar-refractivity contribution in [1.29, 1.82) is 0 Å². The molecule has 0 radical (unpaired) electrons. The van der Waals surface area contributed by atoms with Gasteiger partial charge in [-0.1, -0.05) is 19.4 Å². The summed E-state index contributed by atoms with van der Waals surface area (Å²) in [7, 11) is -2.03. The maximum absolute atomic E-state index is 13.1. The van der Waals surface area contributed by atoms with Gasteiger partial charge in [0.25, 0.3) is 0 Å². The lowest BCUT2D eigenvalue weighted by Crippen LogP contribution is -2.44. The Balaban J connectivity index is 1.33. The van der Waals surface area contributed by atoms with E-state index in [9.17, 15) is 13.2 Å². The summed E-state index contributed by atoms with van der Waals surface area (Å²) in [5.74, 6) is 2.27. The van der Waals surface area contributed by atoms with Crippen LogP contribution in [-0.4, -0.2) is 45.6 Å². The van der Waals surface area contributed by atoms with Crippen LogP contribution in [0, 0.1) is 11.8 Å². The number of sulfonamides is 1. The minimum Gasteiger partial charge on any atom is -0.497 e. The number of hydrogen-bond donors (Lipinski definition) is 1. The monoisotopic (exact) mass is 474 g/mol. The fraction of sp³-hybridized carbons (Fsp3) is 0.458. The molecule has 0 aliphatic carbocycles. The number of benzene rings is 2. The van der Waals surface area contributed by atoms with Crippen molar-refractivity contribution in [3.63, 3.8) is 0 Å². The molecule has 1 N–H and O–H groups in total. The van der Waals surface area contributed by atoms with E-state index < -0.39 is 10.0 Å². The lowest BCUT2D eigenvalue weighted by molar-refractivity contribution is -0.122. The molecule has 0 saturated carbocycles. The molecule has 1 saturated heterocycles. The van der Waals surface area contributed by atoms with Crippen LogP contribution in [-0.2, 0) is 21.4 Å². The van der Waals surface area contributed by atoms with Crippen molar-refractivity contribution >= 4 is 15.9 Å². The number of nitrogens with zero attached hydrogens (tertiary/aromatic N) is 1. The summed E-state index contributed by atoms with van der Waals surface area (Å²) in [5, 5.41) is 2.98. The second kappa shape index (κ2) is 10.0. The molecule has 2 aliphatic rings. The van der Waals surface area contributed by atoms with Crippen molar-refractivity contribution in [2.75, 3.05) is 27.0 Å². The Hall–Kier alpha value is -2.78. The molecule has 8 nitrogen and oxygen atoms in total. The largest absolute Gasteiger partial charge is 0.497 e. The third-order valence-corrected chi connectivity index (χ3v) is 8.33. The van der Waals surface area contributed by atoms with E-state index in [0.29, 0.717) is 49.7 Å². The molecule has 2 heterocycles. The standard InChI is InChI=1S/C24H30N2O6S/c1-3-18-15-26(33(28,29)21-7-5-20(30-2)6-8-21)11-10-19(18)13-24(27)25-14-17-4-9-22-23(12-17)32-16-31-22/h4-9,12,18-19H,3,10-11,13-16H2,1-2H3,(H,25,27)/t18-,19+/m1/s1. The number of ether oxygens (including phenoxy) is 3. The number of nitrogens with one attached hydrogen (secondary N) is 1. The van der Waals surface area contributed by atoms with Gasteiger partial charge in [0, 0.05) is 26.1 Å². The van der Waals surface area contributed by atoms with Gasteiger partial charge in [0.05, 0.1) is 12.0 Å². The second-order valence-electron chi connectivity index (χ2n) is 8.42. The summed E-state index contributed by atoms with van der Waals surface area (Å²) in [4.78, 5) is 12.9. The van der Waals surface area contributed by atoms with Gasteiger partial charge < -0.3 is 19.5 Å². The van der Waals surface area contributed by atoms with Gasteiger partial charge in [-0.05, 0) is 60.2 Å². The quantitative estimate of drug-likeness (QED) is 0.632. The van der Waals surface area contributed by atoms with E-state index in [1.165, 1.54) is 0 Å². The zero-order valence-corrected chi connectivity index (χ0v) is 19.8. The molecule has 0 spiro atoms. The number of carbonyl (C=O) groups excluding carboxylic acids is 1. The fourth-order valence-corrected chi connectivity index (χ4v) is 5.97. The first kappa shape index (κ1) is 23.4. The lowest BCUT2D eigenvalue weighted by Gasteiger charge is -2.37. The summed E-state index contributed by atoms with van der Waals surface area (Å²) < 4.78 is 43.6. The third-order valence-electron chi connectivity index (χ3n) is 6.45. The number of rotatable bonds is 8. The van der Waals surface area contributed by atoms with Crippen molar-refractivity contribution in [3.8, 4) is 17.2 Å². The molecule has 0 aromatic heterocycles. The van der Waals surface area contributed by atoms with E-state index in [1.807, 2.05) is 25.1 Å². The van der Waals surface area contributed by atoms with Crippen LogP contribution in [0.25, 0.3) is 0 Å². The summed E-state index contributed by atoms with van der Waals surface area (Å²) in [6.45, 7) is 3.51. The molecule has 0 unspecified atom stereocenters. The van der Waals surface area contributed by atoms with Crippen molar-refractivity contribution in [2.24, 2.45) is 11.8 Å². The zero-order chi connectivity index (χ0) is 23.4.